The van der Waals surface area contributed by atoms with Crippen molar-refractivity contribution in [2.75, 3.05) is 12.1 Å². The van der Waals surface area contributed by atoms with Crippen molar-refractivity contribution in [1.29, 1.82) is 0 Å². The molecule has 0 aliphatic carbocycles. The van der Waals surface area contributed by atoms with Crippen LogP contribution in [0.2, 0.25) is 0 Å². The molecule has 4 nitrogen and oxygen atoms in total. The average molecular weight is 332 g/mol. The number of hydrogen-bond acceptors (Lipinski definition) is 4. The predicted molar refractivity (Wildman–Crippen MR) is 101 cm³/mol. The first-order valence-corrected chi connectivity index (χ1v) is 8.04. The zero-order valence-corrected chi connectivity index (χ0v) is 14.0. The van der Waals surface area contributed by atoms with Gasteiger partial charge in [-0.3, -0.25) is 5.01 Å². The third kappa shape index (κ3) is 4.38. The van der Waals surface area contributed by atoms with Gasteiger partial charge in [-0.2, -0.15) is 5.10 Å². The van der Waals surface area contributed by atoms with Crippen LogP contribution in [0.15, 0.2) is 84.0 Å². The van der Waals surface area contributed by atoms with Crippen LogP contribution in [0.4, 0.5) is 5.69 Å². The molecule has 0 atom stereocenters. The Bertz CT molecular complexity index is 833. The molecule has 25 heavy (non-hydrogen) atoms. The Morgan fingerprint density at radius 3 is 2.32 bits per heavy atom. The normalized spacial score (nSPS) is 10.8. The van der Waals surface area contributed by atoms with Gasteiger partial charge in [0.2, 0.25) is 0 Å². The number of aromatic hydroxyl groups is 1. The average Bonchev–Trinajstić information content (AvgIpc) is 2.67. The number of ether oxygens (including phenoxy) is 1. The Labute approximate surface area is 147 Å². The van der Waals surface area contributed by atoms with Crippen molar-refractivity contribution in [2.24, 2.45) is 5.10 Å². The molecule has 0 saturated carbocycles. The van der Waals surface area contributed by atoms with Gasteiger partial charge in [-0.05, 0) is 35.9 Å². The first-order chi connectivity index (χ1) is 12.3. The minimum atomic E-state index is 0.164. The summed E-state index contributed by atoms with van der Waals surface area (Å²) in [6, 6.07) is 25.2. The molecule has 0 fully saturated rings. The van der Waals surface area contributed by atoms with Gasteiger partial charge < -0.3 is 9.84 Å². The lowest BCUT2D eigenvalue weighted by molar-refractivity contribution is 0.412. The Balaban J connectivity index is 1.89. The van der Waals surface area contributed by atoms with E-state index in [4.69, 9.17) is 4.74 Å². The number of methoxy groups -OCH3 is 1. The molecule has 3 aromatic rings. The summed E-state index contributed by atoms with van der Waals surface area (Å²) in [5.74, 6) is 0.839. The maximum atomic E-state index is 10.0. The van der Waals surface area contributed by atoms with Crippen LogP contribution in [0.25, 0.3) is 0 Å². The van der Waals surface area contributed by atoms with Crippen molar-refractivity contribution in [3.63, 3.8) is 0 Å². The van der Waals surface area contributed by atoms with E-state index in [2.05, 4.69) is 17.2 Å². The third-order valence-corrected chi connectivity index (χ3v) is 3.80. The maximum absolute atomic E-state index is 10.0. The molecule has 0 aliphatic rings. The lowest BCUT2D eigenvalue weighted by Crippen LogP contribution is -2.16. The van der Waals surface area contributed by atoms with Crippen LogP contribution in [0.3, 0.4) is 0 Å². The molecule has 3 aromatic carbocycles. The summed E-state index contributed by atoms with van der Waals surface area (Å²) in [4.78, 5) is 0. The molecule has 0 bridgehead atoms. The van der Waals surface area contributed by atoms with Crippen molar-refractivity contribution in [3.8, 4) is 11.5 Å². The molecule has 1 N–H and O–H groups in total. The van der Waals surface area contributed by atoms with Gasteiger partial charge in [0.1, 0.15) is 11.5 Å². The van der Waals surface area contributed by atoms with E-state index in [0.29, 0.717) is 17.9 Å². The third-order valence-electron chi connectivity index (χ3n) is 3.80. The minimum Gasteiger partial charge on any atom is -0.507 e. The van der Waals surface area contributed by atoms with Gasteiger partial charge in [-0.25, -0.2) is 0 Å². The molecule has 0 heterocycles. The first-order valence-electron chi connectivity index (χ1n) is 8.04. The van der Waals surface area contributed by atoms with E-state index in [-0.39, 0.29) is 5.75 Å². The zero-order chi connectivity index (χ0) is 17.5. The highest BCUT2D eigenvalue weighted by molar-refractivity contribution is 5.84. The number of phenolic OH excluding ortho intramolecular Hbond substituents is 1. The van der Waals surface area contributed by atoms with Crippen LogP contribution in [0, 0.1) is 0 Å². The van der Waals surface area contributed by atoms with Gasteiger partial charge in [-0.15, -0.1) is 0 Å². The number of nitrogens with zero attached hydrogens (tertiary/aromatic N) is 2. The smallest absolute Gasteiger partial charge is 0.124 e. The summed E-state index contributed by atoms with van der Waals surface area (Å²) in [5, 5.41) is 16.5. The fraction of sp³-hybridized carbons (Fsp3) is 0.0952. The van der Waals surface area contributed by atoms with Crippen molar-refractivity contribution >= 4 is 11.9 Å². The van der Waals surface area contributed by atoms with Crippen molar-refractivity contribution in [1.82, 2.24) is 0 Å². The van der Waals surface area contributed by atoms with Gasteiger partial charge >= 0.3 is 0 Å². The fourth-order valence-electron chi connectivity index (χ4n) is 2.45. The standard InChI is InChI=1S/C21H20N2O2/c1-25-20-12-13-21(24)18(14-20)15-22-23(19-10-6-3-7-11-19)16-17-8-4-2-5-9-17/h2-15,24H,16H2,1H3. The van der Waals surface area contributed by atoms with E-state index in [0.717, 1.165) is 11.3 Å². The van der Waals surface area contributed by atoms with E-state index < -0.39 is 0 Å². The van der Waals surface area contributed by atoms with Gasteiger partial charge in [0.05, 0.1) is 25.6 Å². The molecule has 0 amide bonds. The molecule has 0 unspecified atom stereocenters. The molecule has 126 valence electrons. The lowest BCUT2D eigenvalue weighted by Gasteiger charge is -2.19. The minimum absolute atomic E-state index is 0.164. The molecule has 0 radical (unpaired) electrons. The molecule has 3 rings (SSSR count). The highest BCUT2D eigenvalue weighted by Crippen LogP contribution is 2.22. The lowest BCUT2D eigenvalue weighted by atomic mass is 10.2. The molecule has 0 saturated heterocycles. The Morgan fingerprint density at radius 2 is 1.64 bits per heavy atom. The quantitative estimate of drug-likeness (QED) is 0.536. The molecule has 0 spiro atoms. The molecular formula is C21H20N2O2. The van der Waals surface area contributed by atoms with Gasteiger partial charge in [-0.1, -0.05) is 48.5 Å². The van der Waals surface area contributed by atoms with Crippen LogP contribution in [-0.4, -0.2) is 18.4 Å². The number of hydrazone groups is 1. The van der Waals surface area contributed by atoms with Crippen LogP contribution in [0.5, 0.6) is 11.5 Å². The van der Waals surface area contributed by atoms with Gasteiger partial charge in [0.15, 0.2) is 0 Å². The van der Waals surface area contributed by atoms with Crippen LogP contribution in [-0.2, 0) is 6.54 Å². The summed E-state index contributed by atoms with van der Waals surface area (Å²) in [5.41, 5.74) is 2.73. The van der Waals surface area contributed by atoms with E-state index in [9.17, 15) is 5.11 Å². The topological polar surface area (TPSA) is 45.1 Å². The van der Waals surface area contributed by atoms with Gasteiger partial charge in [0.25, 0.3) is 0 Å². The number of para-hydroxylation sites is 1. The summed E-state index contributed by atoms with van der Waals surface area (Å²) in [6.45, 7) is 0.631. The van der Waals surface area contributed by atoms with Crippen molar-refractivity contribution in [3.05, 3.63) is 90.0 Å². The second kappa shape index (κ2) is 8.02. The number of anilines is 1. The number of benzene rings is 3. The molecular weight excluding hydrogens is 312 g/mol. The van der Waals surface area contributed by atoms with Crippen LogP contribution in [0.1, 0.15) is 11.1 Å². The summed E-state index contributed by atoms with van der Waals surface area (Å²) in [6.07, 6.45) is 1.65. The number of hydrogen-bond donors (Lipinski definition) is 1. The largest absolute Gasteiger partial charge is 0.507 e. The summed E-state index contributed by atoms with van der Waals surface area (Å²) >= 11 is 0. The summed E-state index contributed by atoms with van der Waals surface area (Å²) < 4.78 is 5.21. The second-order valence-electron chi connectivity index (χ2n) is 5.55. The highest BCUT2D eigenvalue weighted by atomic mass is 16.5. The molecule has 0 aromatic heterocycles. The first kappa shape index (κ1) is 16.6. The van der Waals surface area contributed by atoms with Crippen molar-refractivity contribution in [2.45, 2.75) is 6.54 Å². The number of rotatable bonds is 6. The van der Waals surface area contributed by atoms with E-state index in [1.54, 1.807) is 31.5 Å². The summed E-state index contributed by atoms with van der Waals surface area (Å²) in [7, 11) is 1.60. The predicted octanol–water partition coefficient (Wildman–Crippen LogP) is 4.44. The number of phenols is 1. The Hall–Kier alpha value is -3.27. The van der Waals surface area contributed by atoms with E-state index >= 15 is 0 Å². The second-order valence-corrected chi connectivity index (χ2v) is 5.55. The zero-order valence-electron chi connectivity index (χ0n) is 14.0. The monoisotopic (exact) mass is 332 g/mol. The van der Waals surface area contributed by atoms with Crippen LogP contribution < -0.4 is 9.75 Å². The van der Waals surface area contributed by atoms with E-state index in [1.807, 2.05) is 53.5 Å². The fourth-order valence-corrected chi connectivity index (χ4v) is 2.45. The maximum Gasteiger partial charge on any atom is 0.124 e. The molecule has 4 heteroatoms. The highest BCUT2D eigenvalue weighted by Gasteiger charge is 2.06. The van der Waals surface area contributed by atoms with E-state index in [1.165, 1.54) is 0 Å². The SMILES string of the molecule is COc1ccc(O)c(C=NN(Cc2ccccc2)c2ccccc2)c1. The Morgan fingerprint density at radius 1 is 0.960 bits per heavy atom. The molecule has 0 aliphatic heterocycles. The van der Waals surface area contributed by atoms with Crippen molar-refractivity contribution < 1.29 is 9.84 Å². The van der Waals surface area contributed by atoms with Gasteiger partial charge in [0, 0.05) is 5.56 Å². The van der Waals surface area contributed by atoms with Crippen LogP contribution >= 0.6 is 0 Å². The Kier molecular flexibility index (Phi) is 5.32.